The summed E-state index contributed by atoms with van der Waals surface area (Å²) in [5, 5.41) is 5.70. The minimum Gasteiger partial charge on any atom is -0.338 e. The molecule has 2 aromatic rings. The van der Waals surface area contributed by atoms with Crippen LogP contribution in [0, 0.1) is 0 Å². The Morgan fingerprint density at radius 1 is 0.944 bits per heavy atom. The van der Waals surface area contributed by atoms with Gasteiger partial charge in [0.15, 0.2) is 0 Å². The SMILES string of the molecule is O=C(CN1CCC(c2cc(C(F)(F)F)c(=O)[nH]n2)CC1)N1CCN(c2ncc(C(F)(F)F)cn2)CC1. The molecule has 4 rings (SSSR count). The Bertz CT molecular complexity index is 1120. The van der Waals surface area contributed by atoms with Gasteiger partial charge < -0.3 is 9.80 Å². The van der Waals surface area contributed by atoms with E-state index in [4.69, 9.17) is 0 Å². The van der Waals surface area contributed by atoms with E-state index in [0.29, 0.717) is 52.1 Å². The van der Waals surface area contributed by atoms with Crippen molar-refractivity contribution in [3.63, 3.8) is 0 Å². The summed E-state index contributed by atoms with van der Waals surface area (Å²) in [7, 11) is 0. The quantitative estimate of drug-likeness (QED) is 0.618. The second-order valence-electron chi connectivity index (χ2n) is 8.72. The Labute approximate surface area is 201 Å². The normalized spacial score (nSPS) is 18.5. The summed E-state index contributed by atoms with van der Waals surface area (Å²) in [4.78, 5) is 37.0. The van der Waals surface area contributed by atoms with Crippen LogP contribution in [-0.4, -0.2) is 81.7 Å². The number of amides is 1. The zero-order valence-electron chi connectivity index (χ0n) is 18.9. The first-order chi connectivity index (χ1) is 16.9. The number of halogens is 6. The minimum atomic E-state index is -4.76. The first-order valence-electron chi connectivity index (χ1n) is 11.2. The number of carbonyl (C=O) groups excluding carboxylic acids is 1. The van der Waals surface area contributed by atoms with Crippen molar-refractivity contribution in [2.75, 3.05) is 50.7 Å². The number of nitrogens with zero attached hydrogens (tertiary/aromatic N) is 6. The van der Waals surface area contributed by atoms with Crippen molar-refractivity contribution < 1.29 is 31.1 Å². The minimum absolute atomic E-state index is 0.108. The fourth-order valence-electron chi connectivity index (χ4n) is 4.31. The van der Waals surface area contributed by atoms with Gasteiger partial charge in [0.25, 0.3) is 5.56 Å². The highest BCUT2D eigenvalue weighted by Crippen LogP contribution is 2.31. The Morgan fingerprint density at radius 2 is 1.56 bits per heavy atom. The van der Waals surface area contributed by atoms with Crippen LogP contribution in [0.4, 0.5) is 32.3 Å². The van der Waals surface area contributed by atoms with E-state index in [0.717, 1.165) is 18.5 Å². The number of piperidine rings is 1. The highest BCUT2D eigenvalue weighted by molar-refractivity contribution is 5.78. The highest BCUT2D eigenvalue weighted by Gasteiger charge is 2.36. The van der Waals surface area contributed by atoms with E-state index in [9.17, 15) is 35.9 Å². The number of rotatable bonds is 4. The third-order valence-electron chi connectivity index (χ3n) is 6.37. The van der Waals surface area contributed by atoms with Crippen LogP contribution in [0.2, 0.25) is 0 Å². The number of likely N-dealkylation sites (tertiary alicyclic amines) is 1. The molecule has 1 N–H and O–H groups in total. The van der Waals surface area contributed by atoms with Crippen LogP contribution in [0.15, 0.2) is 23.3 Å². The van der Waals surface area contributed by atoms with Crippen molar-refractivity contribution >= 4 is 11.9 Å². The summed E-state index contributed by atoms with van der Waals surface area (Å²) in [6.45, 7) is 2.59. The lowest BCUT2D eigenvalue weighted by atomic mass is 9.92. The maximum atomic E-state index is 13.0. The number of hydrogen-bond donors (Lipinski definition) is 1. The molecule has 2 aliphatic rings. The van der Waals surface area contributed by atoms with Crippen molar-refractivity contribution in [2.24, 2.45) is 0 Å². The Morgan fingerprint density at radius 3 is 2.11 bits per heavy atom. The number of aromatic amines is 1. The molecule has 1 amide bonds. The molecule has 2 aromatic heterocycles. The van der Waals surface area contributed by atoms with Crippen LogP contribution >= 0.6 is 0 Å². The fraction of sp³-hybridized carbons (Fsp3) is 0.571. The third-order valence-corrected chi connectivity index (χ3v) is 6.37. The lowest BCUT2D eigenvalue weighted by Gasteiger charge is -2.37. The van der Waals surface area contributed by atoms with E-state index in [1.165, 1.54) is 0 Å². The molecule has 2 fully saturated rings. The van der Waals surface area contributed by atoms with Crippen LogP contribution in [0.3, 0.4) is 0 Å². The number of piperazine rings is 1. The van der Waals surface area contributed by atoms with Gasteiger partial charge in [-0.05, 0) is 32.0 Å². The molecule has 0 aromatic carbocycles. The standard InChI is InChI=1S/C21H23F6N7O2/c22-20(23,24)14-10-28-19(29-11-14)34-7-5-33(6-8-34)17(35)12-32-3-1-13(2-4-32)16-9-15(21(25,26)27)18(36)31-30-16/h9-11,13H,1-8,12H2,(H,31,36). The second-order valence-corrected chi connectivity index (χ2v) is 8.72. The molecule has 0 aliphatic carbocycles. The summed E-state index contributed by atoms with van der Waals surface area (Å²) in [6, 6.07) is 0.796. The Kier molecular flexibility index (Phi) is 7.20. The molecule has 0 atom stereocenters. The summed E-state index contributed by atoms with van der Waals surface area (Å²) >= 11 is 0. The van der Waals surface area contributed by atoms with Crippen molar-refractivity contribution in [1.29, 1.82) is 0 Å². The molecule has 0 spiro atoms. The smallest absolute Gasteiger partial charge is 0.338 e. The molecular weight excluding hydrogens is 496 g/mol. The van der Waals surface area contributed by atoms with Gasteiger partial charge in [-0.15, -0.1) is 0 Å². The largest absolute Gasteiger partial charge is 0.421 e. The first-order valence-corrected chi connectivity index (χ1v) is 11.2. The Balaban J connectivity index is 1.25. The molecule has 36 heavy (non-hydrogen) atoms. The number of hydrogen-bond acceptors (Lipinski definition) is 7. The molecule has 2 aliphatic heterocycles. The number of aromatic nitrogens is 4. The molecule has 15 heteroatoms. The van der Waals surface area contributed by atoms with Gasteiger partial charge in [-0.1, -0.05) is 0 Å². The monoisotopic (exact) mass is 519 g/mol. The Hall–Kier alpha value is -3.23. The third kappa shape index (κ3) is 5.94. The summed E-state index contributed by atoms with van der Waals surface area (Å²) < 4.78 is 77.1. The zero-order valence-corrected chi connectivity index (χ0v) is 18.9. The van der Waals surface area contributed by atoms with Gasteiger partial charge in [-0.3, -0.25) is 14.5 Å². The van der Waals surface area contributed by atoms with Crippen molar-refractivity contribution in [1.82, 2.24) is 30.0 Å². The molecule has 0 unspecified atom stereocenters. The second kappa shape index (κ2) is 10.0. The van der Waals surface area contributed by atoms with E-state index in [1.54, 1.807) is 9.80 Å². The number of nitrogens with one attached hydrogen (secondary N) is 1. The van der Waals surface area contributed by atoms with Gasteiger partial charge in [0.2, 0.25) is 11.9 Å². The van der Waals surface area contributed by atoms with Crippen molar-refractivity contribution in [2.45, 2.75) is 31.1 Å². The molecule has 196 valence electrons. The molecule has 9 nitrogen and oxygen atoms in total. The lowest BCUT2D eigenvalue weighted by molar-refractivity contribution is -0.139. The van der Waals surface area contributed by atoms with Gasteiger partial charge in [0.1, 0.15) is 5.56 Å². The molecule has 0 radical (unpaired) electrons. The van der Waals surface area contributed by atoms with E-state index in [-0.39, 0.29) is 30.0 Å². The summed E-state index contributed by atoms with van der Waals surface area (Å²) in [5.41, 5.74) is -3.30. The van der Waals surface area contributed by atoms with Gasteiger partial charge in [-0.2, -0.15) is 31.4 Å². The van der Waals surface area contributed by atoms with Crippen LogP contribution in [-0.2, 0) is 17.1 Å². The predicted molar refractivity (Wildman–Crippen MR) is 114 cm³/mol. The first kappa shape index (κ1) is 25.9. The summed E-state index contributed by atoms with van der Waals surface area (Å²) in [5.74, 6) is -0.203. The number of H-pyrrole nitrogens is 1. The molecule has 4 heterocycles. The molecule has 0 saturated carbocycles. The summed E-state index contributed by atoms with van der Waals surface area (Å²) in [6.07, 6.45) is -6.83. The zero-order chi connectivity index (χ0) is 26.1. The van der Waals surface area contributed by atoms with Gasteiger partial charge in [-0.25, -0.2) is 15.1 Å². The van der Waals surface area contributed by atoms with Crippen LogP contribution < -0.4 is 10.5 Å². The maximum absolute atomic E-state index is 13.0. The lowest BCUT2D eigenvalue weighted by Crippen LogP contribution is -2.52. The molecule has 2 saturated heterocycles. The van der Waals surface area contributed by atoms with E-state index >= 15 is 0 Å². The van der Waals surface area contributed by atoms with Crippen molar-refractivity contribution in [3.8, 4) is 0 Å². The van der Waals surface area contributed by atoms with Gasteiger partial charge >= 0.3 is 12.4 Å². The number of carbonyl (C=O) groups is 1. The molecular formula is C21H23F6N7O2. The van der Waals surface area contributed by atoms with Crippen molar-refractivity contribution in [3.05, 3.63) is 45.6 Å². The van der Waals surface area contributed by atoms with E-state index in [1.807, 2.05) is 10.00 Å². The molecule has 0 bridgehead atoms. The average molecular weight is 519 g/mol. The number of anilines is 1. The topological polar surface area (TPSA) is 98.3 Å². The predicted octanol–water partition coefficient (Wildman–Crippen LogP) is 2.13. The average Bonchev–Trinajstić information content (AvgIpc) is 2.84. The van der Waals surface area contributed by atoms with Gasteiger partial charge in [0.05, 0.1) is 17.8 Å². The van der Waals surface area contributed by atoms with E-state index in [2.05, 4.69) is 15.1 Å². The van der Waals surface area contributed by atoms with E-state index < -0.39 is 29.0 Å². The highest BCUT2D eigenvalue weighted by atomic mass is 19.4. The number of alkyl halides is 6. The van der Waals surface area contributed by atoms with Crippen LogP contribution in [0.5, 0.6) is 0 Å². The fourth-order valence-corrected chi connectivity index (χ4v) is 4.31. The van der Waals surface area contributed by atoms with Crippen LogP contribution in [0.1, 0.15) is 35.6 Å². The van der Waals surface area contributed by atoms with Gasteiger partial charge in [0, 0.05) is 44.5 Å². The maximum Gasteiger partial charge on any atom is 0.421 e. The van der Waals surface area contributed by atoms with Crippen LogP contribution in [0.25, 0.3) is 0 Å².